The maximum Gasteiger partial charge on any atom is 0.246 e. The number of aromatic nitrogens is 3. The lowest BCUT2D eigenvalue weighted by atomic mass is 10.1. The van der Waals surface area contributed by atoms with Gasteiger partial charge >= 0.3 is 0 Å². The van der Waals surface area contributed by atoms with Crippen molar-refractivity contribution in [3.63, 3.8) is 0 Å². The van der Waals surface area contributed by atoms with Crippen LogP contribution in [0.4, 0.5) is 11.9 Å². The summed E-state index contributed by atoms with van der Waals surface area (Å²) in [7, 11) is 0. The molecule has 1 fully saturated rings. The first-order valence-corrected chi connectivity index (χ1v) is 7.03. The summed E-state index contributed by atoms with van der Waals surface area (Å²) in [5, 5.41) is 7.74. The predicted molar refractivity (Wildman–Crippen MR) is 71.0 cm³/mol. The number of piperidine rings is 1. The van der Waals surface area contributed by atoms with Crippen LogP contribution in [0.3, 0.4) is 0 Å². The highest BCUT2D eigenvalue weighted by Gasteiger charge is 2.30. The molecule has 0 spiro atoms. The number of allylic oxidation sites excluding steroid dienone is 2. The number of ketones is 1. The highest BCUT2D eigenvalue weighted by molar-refractivity contribution is 6.01. The maximum atomic E-state index is 11.7. The average molecular weight is 259 g/mol. The number of rotatable bonds is 1. The van der Waals surface area contributed by atoms with E-state index in [4.69, 9.17) is 0 Å². The zero-order valence-electron chi connectivity index (χ0n) is 10.9. The molecule has 0 unspecified atom stereocenters. The van der Waals surface area contributed by atoms with Gasteiger partial charge in [-0.2, -0.15) is 4.98 Å². The molecule has 0 amide bonds. The van der Waals surface area contributed by atoms with Crippen molar-refractivity contribution in [1.82, 2.24) is 14.8 Å². The molecule has 1 aliphatic carbocycles. The van der Waals surface area contributed by atoms with Crippen LogP contribution in [-0.2, 0) is 11.3 Å². The molecular formula is C13H17N5O. The molecule has 1 aromatic rings. The van der Waals surface area contributed by atoms with Crippen molar-refractivity contribution < 1.29 is 4.79 Å². The van der Waals surface area contributed by atoms with Crippen molar-refractivity contribution in [3.05, 3.63) is 11.3 Å². The van der Waals surface area contributed by atoms with E-state index in [2.05, 4.69) is 20.3 Å². The third kappa shape index (κ3) is 1.74. The van der Waals surface area contributed by atoms with Gasteiger partial charge in [-0.3, -0.25) is 4.79 Å². The quantitative estimate of drug-likeness (QED) is 0.824. The van der Waals surface area contributed by atoms with Gasteiger partial charge in [0.05, 0.1) is 12.2 Å². The molecule has 4 rings (SSSR count). The first-order chi connectivity index (χ1) is 9.31. The van der Waals surface area contributed by atoms with Crippen molar-refractivity contribution in [1.29, 1.82) is 0 Å². The van der Waals surface area contributed by atoms with E-state index in [1.807, 2.05) is 4.68 Å². The lowest BCUT2D eigenvalue weighted by Crippen LogP contribution is -2.30. The minimum Gasteiger partial charge on any atom is -0.339 e. The Morgan fingerprint density at radius 1 is 1.11 bits per heavy atom. The van der Waals surface area contributed by atoms with E-state index < -0.39 is 0 Å². The number of carbonyl (C=O) groups excluding carboxylic acids is 1. The number of Topliss-reactive ketones (excluding diaryl/α,β-unsaturated/α-hetero) is 1. The molecule has 3 heterocycles. The summed E-state index contributed by atoms with van der Waals surface area (Å²) in [5.41, 5.74) is 1.94. The largest absolute Gasteiger partial charge is 0.339 e. The van der Waals surface area contributed by atoms with E-state index in [1.165, 1.54) is 24.8 Å². The van der Waals surface area contributed by atoms with E-state index in [-0.39, 0.29) is 5.78 Å². The van der Waals surface area contributed by atoms with Gasteiger partial charge in [-0.1, -0.05) is 0 Å². The second-order valence-corrected chi connectivity index (χ2v) is 5.47. The Balaban J connectivity index is 1.61. The second kappa shape index (κ2) is 4.08. The van der Waals surface area contributed by atoms with Crippen LogP contribution < -0.4 is 10.2 Å². The number of hydrogen-bond donors (Lipinski definition) is 1. The van der Waals surface area contributed by atoms with Crippen LogP contribution in [0.5, 0.6) is 0 Å². The van der Waals surface area contributed by atoms with Gasteiger partial charge < -0.3 is 10.2 Å². The molecule has 0 saturated carbocycles. The Labute approximate surface area is 111 Å². The van der Waals surface area contributed by atoms with Gasteiger partial charge in [0.2, 0.25) is 11.9 Å². The normalized spacial score (nSPS) is 22.3. The molecule has 19 heavy (non-hydrogen) atoms. The highest BCUT2D eigenvalue weighted by atomic mass is 16.1. The van der Waals surface area contributed by atoms with Crippen molar-refractivity contribution >= 4 is 17.7 Å². The minimum absolute atomic E-state index is 0.212. The molecule has 0 radical (unpaired) electrons. The summed E-state index contributed by atoms with van der Waals surface area (Å²) in [5.74, 6) is 1.73. The summed E-state index contributed by atoms with van der Waals surface area (Å²) in [4.78, 5) is 18.5. The van der Waals surface area contributed by atoms with Crippen LogP contribution in [0.1, 0.15) is 32.1 Å². The molecule has 6 nitrogen and oxygen atoms in total. The zero-order chi connectivity index (χ0) is 12.8. The standard InChI is InChI=1S/C13H17N5O/c19-10-5-4-9-8-18-12(14-11(9)10)15-13(16-18)17-6-2-1-3-7-17/h1-8H2,(H,14,15,16). The van der Waals surface area contributed by atoms with Gasteiger partial charge in [-0.15, -0.1) is 5.10 Å². The van der Waals surface area contributed by atoms with Crippen LogP contribution in [0.2, 0.25) is 0 Å². The number of hydrogen-bond acceptors (Lipinski definition) is 5. The van der Waals surface area contributed by atoms with Crippen LogP contribution in [0.15, 0.2) is 11.3 Å². The number of nitrogens with zero attached hydrogens (tertiary/aromatic N) is 4. The lowest BCUT2D eigenvalue weighted by Gasteiger charge is -2.24. The van der Waals surface area contributed by atoms with Crippen molar-refractivity contribution in [2.24, 2.45) is 0 Å². The van der Waals surface area contributed by atoms with E-state index in [0.29, 0.717) is 13.0 Å². The fourth-order valence-electron chi connectivity index (χ4n) is 3.08. The second-order valence-electron chi connectivity index (χ2n) is 5.47. The Kier molecular flexibility index (Phi) is 2.36. The third-order valence-corrected chi connectivity index (χ3v) is 4.16. The third-order valence-electron chi connectivity index (χ3n) is 4.16. The fourth-order valence-corrected chi connectivity index (χ4v) is 3.08. The minimum atomic E-state index is 0.212. The van der Waals surface area contributed by atoms with Gasteiger partial charge in [0.1, 0.15) is 0 Å². The lowest BCUT2D eigenvalue weighted by molar-refractivity contribution is -0.114. The van der Waals surface area contributed by atoms with Gasteiger partial charge in [0.15, 0.2) is 5.78 Å². The van der Waals surface area contributed by atoms with E-state index in [9.17, 15) is 4.79 Å². The SMILES string of the molecule is O=C1CCC2=C1Nc1nc(N3CCCCC3)nn1C2. The zero-order valence-corrected chi connectivity index (χ0v) is 10.9. The molecule has 0 aromatic carbocycles. The van der Waals surface area contributed by atoms with Gasteiger partial charge in [0.25, 0.3) is 0 Å². The first kappa shape index (κ1) is 11.0. The van der Waals surface area contributed by atoms with Gasteiger partial charge in [-0.25, -0.2) is 4.68 Å². The van der Waals surface area contributed by atoms with E-state index >= 15 is 0 Å². The van der Waals surface area contributed by atoms with Crippen LogP contribution in [0.25, 0.3) is 0 Å². The molecule has 1 N–H and O–H groups in total. The molecule has 6 heteroatoms. The molecule has 2 aliphatic heterocycles. The van der Waals surface area contributed by atoms with Gasteiger partial charge in [0, 0.05) is 19.5 Å². The Morgan fingerprint density at radius 3 is 2.79 bits per heavy atom. The fraction of sp³-hybridized carbons (Fsp3) is 0.615. The van der Waals surface area contributed by atoms with Crippen LogP contribution in [-0.4, -0.2) is 33.6 Å². The topological polar surface area (TPSA) is 63.1 Å². The molecule has 100 valence electrons. The maximum absolute atomic E-state index is 11.7. The van der Waals surface area contributed by atoms with Crippen molar-refractivity contribution in [2.45, 2.75) is 38.6 Å². The smallest absolute Gasteiger partial charge is 0.246 e. The van der Waals surface area contributed by atoms with Gasteiger partial charge in [-0.05, 0) is 31.3 Å². The monoisotopic (exact) mass is 259 g/mol. The highest BCUT2D eigenvalue weighted by Crippen LogP contribution is 2.31. The molecular weight excluding hydrogens is 242 g/mol. The summed E-state index contributed by atoms with van der Waals surface area (Å²) in [6.45, 7) is 2.79. The van der Waals surface area contributed by atoms with E-state index in [0.717, 1.165) is 37.1 Å². The molecule has 0 bridgehead atoms. The number of fused-ring (bicyclic) bond motifs is 1. The Hall–Kier alpha value is -1.85. The molecule has 0 atom stereocenters. The van der Waals surface area contributed by atoms with Crippen LogP contribution in [0, 0.1) is 0 Å². The number of carbonyl (C=O) groups is 1. The predicted octanol–water partition coefficient (Wildman–Crippen LogP) is 1.31. The summed E-state index contributed by atoms with van der Waals surface area (Å²) in [6, 6.07) is 0. The molecule has 3 aliphatic rings. The molecule has 1 saturated heterocycles. The molecule has 1 aromatic heterocycles. The summed E-state index contributed by atoms with van der Waals surface area (Å²) in [6.07, 6.45) is 5.21. The first-order valence-electron chi connectivity index (χ1n) is 7.03. The van der Waals surface area contributed by atoms with Crippen LogP contribution >= 0.6 is 0 Å². The number of nitrogens with one attached hydrogen (secondary N) is 1. The Bertz CT molecular complexity index is 568. The summed E-state index contributed by atoms with van der Waals surface area (Å²) >= 11 is 0. The van der Waals surface area contributed by atoms with Crippen molar-refractivity contribution in [2.75, 3.05) is 23.3 Å². The van der Waals surface area contributed by atoms with Crippen molar-refractivity contribution in [3.8, 4) is 0 Å². The Morgan fingerprint density at radius 2 is 1.95 bits per heavy atom. The number of anilines is 2. The van der Waals surface area contributed by atoms with E-state index in [1.54, 1.807) is 0 Å². The summed E-state index contributed by atoms with van der Waals surface area (Å²) < 4.78 is 1.89. The average Bonchev–Trinajstić information content (AvgIpc) is 3.02.